The van der Waals surface area contributed by atoms with Gasteiger partial charge in [0.25, 0.3) is 0 Å². The lowest BCUT2D eigenvalue weighted by Gasteiger charge is -2.10. The molecule has 0 radical (unpaired) electrons. The maximum Gasteiger partial charge on any atom is 0.311 e. The van der Waals surface area contributed by atoms with Gasteiger partial charge in [-0.15, -0.1) is 0 Å². The molecule has 2 aromatic rings. The molecule has 0 N–H and O–H groups in total. The number of benzene rings is 2. The van der Waals surface area contributed by atoms with E-state index in [0.29, 0.717) is 17.4 Å². The van der Waals surface area contributed by atoms with Crippen molar-refractivity contribution in [1.82, 2.24) is 0 Å². The topological polar surface area (TPSA) is 93.2 Å². The molecule has 6 heteroatoms. The number of aldehydes is 1. The Morgan fingerprint density at radius 1 is 1.33 bits per heavy atom. The minimum Gasteiger partial charge on any atom is -0.448 e. The first kappa shape index (κ1) is 14.2. The molecule has 0 spiro atoms. The predicted octanol–water partition coefficient (Wildman–Crippen LogP) is 3.38. The molecule has 0 aromatic heterocycles. The van der Waals surface area contributed by atoms with Crippen molar-refractivity contribution in [3.8, 4) is 17.6 Å². The first-order valence-electron chi connectivity index (χ1n) is 5.98. The number of hydrogen-bond donors (Lipinski definition) is 0. The van der Waals surface area contributed by atoms with Crippen LogP contribution >= 0.6 is 0 Å². The summed E-state index contributed by atoms with van der Waals surface area (Å²) in [4.78, 5) is 21.2. The van der Waals surface area contributed by atoms with Crippen molar-refractivity contribution in [2.24, 2.45) is 0 Å². The zero-order chi connectivity index (χ0) is 15.4. The summed E-state index contributed by atoms with van der Waals surface area (Å²) >= 11 is 0. The predicted molar refractivity (Wildman–Crippen MR) is 74.5 cm³/mol. The minimum absolute atomic E-state index is 0.0813. The Morgan fingerprint density at radius 3 is 2.71 bits per heavy atom. The van der Waals surface area contributed by atoms with E-state index < -0.39 is 4.92 Å². The van der Waals surface area contributed by atoms with Crippen LogP contribution in [0.25, 0.3) is 0 Å². The van der Waals surface area contributed by atoms with E-state index in [1.165, 1.54) is 24.3 Å². The van der Waals surface area contributed by atoms with Gasteiger partial charge in [-0.2, -0.15) is 5.26 Å². The quantitative estimate of drug-likeness (QED) is 0.486. The van der Waals surface area contributed by atoms with Crippen molar-refractivity contribution >= 4 is 12.0 Å². The van der Waals surface area contributed by atoms with Crippen LogP contribution in [0.4, 0.5) is 5.69 Å². The van der Waals surface area contributed by atoms with Crippen molar-refractivity contribution in [3.05, 3.63) is 63.2 Å². The van der Waals surface area contributed by atoms with Gasteiger partial charge in [0.05, 0.1) is 10.5 Å². The number of nitriles is 1. The molecule has 2 aromatic carbocycles. The third-order valence-electron chi connectivity index (χ3n) is 2.86. The molecule has 6 nitrogen and oxygen atoms in total. The number of ether oxygens (including phenoxy) is 1. The van der Waals surface area contributed by atoms with Gasteiger partial charge in [-0.05, 0) is 30.7 Å². The molecule has 21 heavy (non-hydrogen) atoms. The molecule has 0 atom stereocenters. The highest BCUT2D eigenvalue weighted by molar-refractivity contribution is 5.76. The van der Waals surface area contributed by atoms with E-state index in [2.05, 4.69) is 0 Å². The molecule has 0 heterocycles. The maximum absolute atomic E-state index is 11.0. The fourth-order valence-electron chi connectivity index (χ4n) is 1.82. The van der Waals surface area contributed by atoms with Crippen molar-refractivity contribution in [1.29, 1.82) is 5.26 Å². The third kappa shape index (κ3) is 2.87. The molecule has 104 valence electrons. The summed E-state index contributed by atoms with van der Waals surface area (Å²) in [7, 11) is 0. The largest absolute Gasteiger partial charge is 0.448 e. The highest BCUT2D eigenvalue weighted by Gasteiger charge is 2.19. The molecule has 0 aliphatic rings. The van der Waals surface area contributed by atoms with Gasteiger partial charge < -0.3 is 4.74 Å². The van der Waals surface area contributed by atoms with Crippen LogP contribution in [0, 0.1) is 28.4 Å². The molecule has 0 aliphatic carbocycles. The van der Waals surface area contributed by atoms with Gasteiger partial charge in [-0.25, -0.2) is 0 Å². The molecule has 0 aliphatic heterocycles. The van der Waals surface area contributed by atoms with Gasteiger partial charge in [0.2, 0.25) is 5.75 Å². The molecular weight excluding hydrogens is 272 g/mol. The van der Waals surface area contributed by atoms with Crippen LogP contribution in [0.5, 0.6) is 11.5 Å². The Bertz CT molecular complexity index is 763. The van der Waals surface area contributed by atoms with Crippen molar-refractivity contribution < 1.29 is 14.5 Å². The van der Waals surface area contributed by atoms with Crippen molar-refractivity contribution in [3.63, 3.8) is 0 Å². The first-order valence-corrected chi connectivity index (χ1v) is 5.98. The van der Waals surface area contributed by atoms with E-state index in [-0.39, 0.29) is 22.7 Å². The number of nitro benzene ring substituents is 1. The maximum atomic E-state index is 11.0. The van der Waals surface area contributed by atoms with E-state index in [9.17, 15) is 14.9 Å². The van der Waals surface area contributed by atoms with Gasteiger partial charge >= 0.3 is 5.69 Å². The Morgan fingerprint density at radius 2 is 2.10 bits per heavy atom. The summed E-state index contributed by atoms with van der Waals surface area (Å²) in [6.45, 7) is 1.67. The van der Waals surface area contributed by atoms with Crippen LogP contribution in [-0.2, 0) is 0 Å². The monoisotopic (exact) mass is 282 g/mol. The minimum atomic E-state index is -0.547. The van der Waals surface area contributed by atoms with Gasteiger partial charge in [-0.3, -0.25) is 14.9 Å². The number of nitro groups is 1. The van der Waals surface area contributed by atoms with E-state index >= 15 is 0 Å². The van der Waals surface area contributed by atoms with Gasteiger partial charge in [0, 0.05) is 11.6 Å². The van der Waals surface area contributed by atoms with Crippen molar-refractivity contribution in [2.75, 3.05) is 0 Å². The Hall–Kier alpha value is -3.20. The second-order valence-corrected chi connectivity index (χ2v) is 4.27. The van der Waals surface area contributed by atoms with Crippen LogP contribution in [-0.4, -0.2) is 11.2 Å². The number of hydrogen-bond acceptors (Lipinski definition) is 5. The average Bonchev–Trinajstić information content (AvgIpc) is 2.49. The summed E-state index contributed by atoms with van der Waals surface area (Å²) < 4.78 is 5.54. The summed E-state index contributed by atoms with van der Waals surface area (Å²) in [5, 5.41) is 20.1. The molecule has 0 unspecified atom stereocenters. The number of rotatable bonds is 4. The molecule has 0 saturated heterocycles. The second-order valence-electron chi connectivity index (χ2n) is 4.27. The highest BCUT2D eigenvalue weighted by atomic mass is 16.6. The summed E-state index contributed by atoms with van der Waals surface area (Å²) in [6, 6.07) is 10.8. The van der Waals surface area contributed by atoms with Crippen LogP contribution < -0.4 is 4.74 Å². The summed E-state index contributed by atoms with van der Waals surface area (Å²) in [5.74, 6) is 0.248. The van der Waals surface area contributed by atoms with E-state index in [0.717, 1.165) is 0 Å². The fraction of sp³-hybridized carbons (Fsp3) is 0.0667. The van der Waals surface area contributed by atoms with Gasteiger partial charge in [-0.1, -0.05) is 12.1 Å². The Balaban J connectivity index is 2.51. The highest BCUT2D eigenvalue weighted by Crippen LogP contribution is 2.35. The van der Waals surface area contributed by atoms with E-state index in [4.69, 9.17) is 10.00 Å². The second kappa shape index (κ2) is 5.84. The summed E-state index contributed by atoms with van der Waals surface area (Å²) in [5.41, 5.74) is 0.862. The van der Waals surface area contributed by atoms with Crippen LogP contribution in [0.15, 0.2) is 36.4 Å². The SMILES string of the molecule is Cc1cccc([N+](=O)[O-])c1Oc1ccc(C=O)cc1C#N. The van der Waals surface area contributed by atoms with Crippen LogP contribution in [0.1, 0.15) is 21.5 Å². The lowest BCUT2D eigenvalue weighted by atomic mass is 10.1. The zero-order valence-electron chi connectivity index (χ0n) is 11.1. The smallest absolute Gasteiger partial charge is 0.311 e. The molecule has 0 saturated carbocycles. The summed E-state index contributed by atoms with van der Waals surface area (Å²) in [6.07, 6.45) is 0.612. The molecule has 0 amide bonds. The van der Waals surface area contributed by atoms with Gasteiger partial charge in [0.15, 0.2) is 0 Å². The fourth-order valence-corrected chi connectivity index (χ4v) is 1.82. The number of aryl methyl sites for hydroxylation is 1. The lowest BCUT2D eigenvalue weighted by molar-refractivity contribution is -0.385. The first-order chi connectivity index (χ1) is 10.1. The van der Waals surface area contributed by atoms with Gasteiger partial charge in [0.1, 0.15) is 18.1 Å². The number of nitrogens with zero attached hydrogens (tertiary/aromatic N) is 2. The molecule has 0 fully saturated rings. The number of carbonyl (C=O) groups is 1. The van der Waals surface area contributed by atoms with E-state index in [1.54, 1.807) is 19.1 Å². The molecule has 2 rings (SSSR count). The van der Waals surface area contributed by atoms with Crippen LogP contribution in [0.2, 0.25) is 0 Å². The normalized spacial score (nSPS) is 9.71. The number of carbonyl (C=O) groups excluding carboxylic acids is 1. The average molecular weight is 282 g/mol. The molecular formula is C15H10N2O4. The third-order valence-corrected chi connectivity index (χ3v) is 2.86. The Labute approximate surface area is 120 Å². The number of para-hydroxylation sites is 1. The Kier molecular flexibility index (Phi) is 3.95. The molecule has 0 bridgehead atoms. The zero-order valence-corrected chi connectivity index (χ0v) is 11.1. The van der Waals surface area contributed by atoms with E-state index in [1.807, 2.05) is 6.07 Å². The lowest BCUT2D eigenvalue weighted by Crippen LogP contribution is -1.97. The van der Waals surface area contributed by atoms with Crippen LogP contribution in [0.3, 0.4) is 0 Å². The standard InChI is InChI=1S/C15H10N2O4/c1-10-3-2-4-13(17(19)20)15(10)21-14-6-5-11(9-18)7-12(14)8-16/h2-7,9H,1H3. The van der Waals surface area contributed by atoms with Crippen molar-refractivity contribution in [2.45, 2.75) is 6.92 Å².